The Morgan fingerprint density at radius 2 is 1.86 bits per heavy atom. The van der Waals surface area contributed by atoms with Crippen LogP contribution < -0.4 is 4.74 Å². The van der Waals surface area contributed by atoms with Crippen molar-refractivity contribution in [1.82, 2.24) is 4.90 Å². The van der Waals surface area contributed by atoms with Crippen molar-refractivity contribution in [2.24, 2.45) is 0 Å². The van der Waals surface area contributed by atoms with Gasteiger partial charge in [-0.05, 0) is 36.2 Å². The lowest BCUT2D eigenvalue weighted by Crippen LogP contribution is -2.29. The van der Waals surface area contributed by atoms with Crippen molar-refractivity contribution in [3.63, 3.8) is 0 Å². The minimum Gasteiger partial charge on any atom is -0.507 e. The SMILES string of the molecule is C=CCOc1ccc(C(O)=C2C(=O)C(=O)N(CC=C)C2c2ccccc2)c(C)c1. The summed E-state index contributed by atoms with van der Waals surface area (Å²) in [5.74, 6) is -0.921. The van der Waals surface area contributed by atoms with Gasteiger partial charge in [-0.15, -0.1) is 6.58 Å². The molecule has 29 heavy (non-hydrogen) atoms. The van der Waals surface area contributed by atoms with Gasteiger partial charge in [0.1, 0.15) is 18.1 Å². The van der Waals surface area contributed by atoms with E-state index in [1.807, 2.05) is 37.3 Å². The number of aliphatic hydroxyl groups excluding tert-OH is 1. The Balaban J connectivity index is 2.13. The molecule has 1 saturated heterocycles. The number of carbonyl (C=O) groups is 2. The Hall–Kier alpha value is -3.60. The van der Waals surface area contributed by atoms with Gasteiger partial charge in [-0.2, -0.15) is 0 Å². The minimum absolute atomic E-state index is 0.0749. The molecule has 5 nitrogen and oxygen atoms in total. The van der Waals surface area contributed by atoms with Crippen molar-refractivity contribution in [3.8, 4) is 5.75 Å². The Morgan fingerprint density at radius 3 is 2.48 bits per heavy atom. The number of aliphatic hydroxyl groups is 1. The lowest BCUT2D eigenvalue weighted by atomic mass is 9.94. The van der Waals surface area contributed by atoms with Crippen LogP contribution >= 0.6 is 0 Å². The zero-order valence-electron chi connectivity index (χ0n) is 16.3. The lowest BCUT2D eigenvalue weighted by Gasteiger charge is -2.24. The van der Waals surface area contributed by atoms with Gasteiger partial charge in [0.15, 0.2) is 0 Å². The third-order valence-corrected chi connectivity index (χ3v) is 4.80. The first-order valence-corrected chi connectivity index (χ1v) is 9.28. The molecular formula is C24H23NO4. The molecule has 1 fully saturated rings. The second-order valence-corrected chi connectivity index (χ2v) is 6.73. The maximum Gasteiger partial charge on any atom is 0.295 e. The summed E-state index contributed by atoms with van der Waals surface area (Å²) in [6, 6.07) is 13.7. The second-order valence-electron chi connectivity index (χ2n) is 6.73. The number of Topliss-reactive ketones (excluding diaryl/α,β-unsaturated/α-hetero) is 1. The molecule has 1 aliphatic heterocycles. The van der Waals surface area contributed by atoms with Gasteiger partial charge in [0.05, 0.1) is 11.6 Å². The topological polar surface area (TPSA) is 66.8 Å². The van der Waals surface area contributed by atoms with Gasteiger partial charge in [0.2, 0.25) is 0 Å². The summed E-state index contributed by atoms with van der Waals surface area (Å²) in [7, 11) is 0. The van der Waals surface area contributed by atoms with Gasteiger partial charge in [-0.1, -0.05) is 49.1 Å². The predicted octanol–water partition coefficient (Wildman–Crippen LogP) is 4.17. The molecular weight excluding hydrogens is 366 g/mol. The van der Waals surface area contributed by atoms with E-state index in [0.717, 1.165) is 11.1 Å². The zero-order valence-corrected chi connectivity index (χ0v) is 16.3. The highest BCUT2D eigenvalue weighted by Crippen LogP contribution is 2.39. The number of hydrogen-bond acceptors (Lipinski definition) is 4. The summed E-state index contributed by atoms with van der Waals surface area (Å²) < 4.78 is 5.52. The van der Waals surface area contributed by atoms with Crippen molar-refractivity contribution in [3.05, 3.63) is 96.1 Å². The van der Waals surface area contributed by atoms with Gasteiger partial charge in [-0.3, -0.25) is 9.59 Å². The average Bonchev–Trinajstić information content (AvgIpc) is 2.98. The van der Waals surface area contributed by atoms with Crippen LogP contribution in [-0.4, -0.2) is 34.8 Å². The van der Waals surface area contributed by atoms with E-state index in [4.69, 9.17) is 4.74 Å². The van der Waals surface area contributed by atoms with Crippen molar-refractivity contribution >= 4 is 17.4 Å². The van der Waals surface area contributed by atoms with E-state index < -0.39 is 17.7 Å². The van der Waals surface area contributed by atoms with Crippen molar-refractivity contribution in [2.75, 3.05) is 13.2 Å². The molecule has 0 spiro atoms. The quantitative estimate of drug-likeness (QED) is 0.334. The second kappa shape index (κ2) is 8.61. The molecule has 1 atom stereocenters. The van der Waals surface area contributed by atoms with Gasteiger partial charge in [-0.25, -0.2) is 0 Å². The number of rotatable bonds is 7. The summed E-state index contributed by atoms with van der Waals surface area (Å²) in [6.07, 6.45) is 3.21. The standard InChI is InChI=1S/C24H23NO4/c1-4-13-25-21(17-9-7-6-8-10-17)20(23(27)24(25)28)22(26)19-12-11-18(15-16(19)3)29-14-5-2/h4-12,15,21,26H,1-2,13-14H2,3H3. The van der Waals surface area contributed by atoms with Crippen LogP contribution in [0, 0.1) is 6.92 Å². The molecule has 0 radical (unpaired) electrons. The summed E-state index contributed by atoms with van der Waals surface area (Å²) in [5.41, 5.74) is 2.03. The van der Waals surface area contributed by atoms with Crippen LogP contribution in [0.2, 0.25) is 0 Å². The van der Waals surface area contributed by atoms with Crippen LogP contribution in [0.3, 0.4) is 0 Å². The molecule has 1 unspecified atom stereocenters. The first-order chi connectivity index (χ1) is 14.0. The van der Waals surface area contributed by atoms with E-state index in [1.54, 1.807) is 30.4 Å². The highest BCUT2D eigenvalue weighted by atomic mass is 16.5. The number of ketones is 1. The van der Waals surface area contributed by atoms with E-state index in [-0.39, 0.29) is 17.9 Å². The highest BCUT2D eigenvalue weighted by Gasteiger charge is 2.45. The number of amides is 1. The number of hydrogen-bond donors (Lipinski definition) is 1. The van der Waals surface area contributed by atoms with Crippen molar-refractivity contribution < 1.29 is 19.4 Å². The first-order valence-electron chi connectivity index (χ1n) is 9.28. The molecule has 0 saturated carbocycles. The molecule has 3 rings (SSSR count). The van der Waals surface area contributed by atoms with E-state index in [2.05, 4.69) is 13.2 Å². The van der Waals surface area contributed by atoms with E-state index in [9.17, 15) is 14.7 Å². The number of carbonyl (C=O) groups excluding carboxylic acids is 2. The first kappa shape index (κ1) is 20.1. The average molecular weight is 389 g/mol. The normalized spacial score (nSPS) is 18.0. The Morgan fingerprint density at radius 1 is 1.14 bits per heavy atom. The molecule has 5 heteroatoms. The third kappa shape index (κ3) is 3.85. The number of ether oxygens (including phenoxy) is 1. The van der Waals surface area contributed by atoms with Crippen LogP contribution in [0.1, 0.15) is 22.7 Å². The number of benzene rings is 2. The smallest absolute Gasteiger partial charge is 0.295 e. The zero-order chi connectivity index (χ0) is 21.0. The van der Waals surface area contributed by atoms with Crippen molar-refractivity contribution in [1.29, 1.82) is 0 Å². The third-order valence-electron chi connectivity index (χ3n) is 4.80. The van der Waals surface area contributed by atoms with Gasteiger partial charge >= 0.3 is 0 Å². The maximum absolute atomic E-state index is 12.8. The summed E-state index contributed by atoms with van der Waals surface area (Å²) >= 11 is 0. The summed E-state index contributed by atoms with van der Waals surface area (Å²) in [6.45, 7) is 9.68. The van der Waals surface area contributed by atoms with Gasteiger partial charge in [0, 0.05) is 12.1 Å². The highest BCUT2D eigenvalue weighted by molar-refractivity contribution is 6.46. The van der Waals surface area contributed by atoms with Crippen LogP contribution in [0.5, 0.6) is 5.75 Å². The van der Waals surface area contributed by atoms with Crippen LogP contribution in [0.15, 0.2) is 79.4 Å². The molecule has 1 heterocycles. The predicted molar refractivity (Wildman–Crippen MR) is 113 cm³/mol. The van der Waals surface area contributed by atoms with Gasteiger partial charge in [0.25, 0.3) is 11.7 Å². The molecule has 1 aliphatic rings. The van der Waals surface area contributed by atoms with Crippen LogP contribution in [-0.2, 0) is 9.59 Å². The summed E-state index contributed by atoms with van der Waals surface area (Å²) in [5, 5.41) is 11.1. The molecule has 0 aromatic heterocycles. The fourth-order valence-electron chi connectivity index (χ4n) is 3.48. The molecule has 0 bridgehead atoms. The Bertz CT molecular complexity index is 991. The molecule has 1 amide bonds. The fourth-order valence-corrected chi connectivity index (χ4v) is 3.48. The van der Waals surface area contributed by atoms with E-state index in [0.29, 0.717) is 17.9 Å². The van der Waals surface area contributed by atoms with Crippen LogP contribution in [0.4, 0.5) is 0 Å². The Kier molecular flexibility index (Phi) is 5.98. The molecule has 0 aliphatic carbocycles. The summed E-state index contributed by atoms with van der Waals surface area (Å²) in [4.78, 5) is 26.9. The fraction of sp³-hybridized carbons (Fsp3) is 0.167. The number of aryl methyl sites for hydroxylation is 1. The molecule has 2 aromatic rings. The molecule has 1 N–H and O–H groups in total. The maximum atomic E-state index is 12.8. The number of nitrogens with zero attached hydrogens (tertiary/aromatic N) is 1. The van der Waals surface area contributed by atoms with E-state index >= 15 is 0 Å². The minimum atomic E-state index is -0.704. The monoisotopic (exact) mass is 389 g/mol. The molecule has 2 aromatic carbocycles. The molecule has 148 valence electrons. The van der Waals surface area contributed by atoms with Crippen LogP contribution in [0.25, 0.3) is 5.76 Å². The van der Waals surface area contributed by atoms with E-state index in [1.165, 1.54) is 4.90 Å². The van der Waals surface area contributed by atoms with Crippen molar-refractivity contribution in [2.45, 2.75) is 13.0 Å². The number of likely N-dealkylation sites (tertiary alicyclic amines) is 1. The lowest BCUT2D eigenvalue weighted by molar-refractivity contribution is -0.139. The largest absolute Gasteiger partial charge is 0.507 e. The van der Waals surface area contributed by atoms with Gasteiger partial charge < -0.3 is 14.7 Å². The Labute approximate surface area is 170 Å².